The van der Waals surface area contributed by atoms with Crippen LogP contribution in [0.2, 0.25) is 0 Å². The Morgan fingerprint density at radius 2 is 1.96 bits per heavy atom. The van der Waals surface area contributed by atoms with Crippen molar-refractivity contribution in [3.63, 3.8) is 0 Å². The van der Waals surface area contributed by atoms with Crippen LogP contribution < -0.4 is 4.90 Å². The number of ether oxygens (including phenoxy) is 1. The molecule has 1 aliphatic rings. The molecular formula is C18H17FN4O. The van der Waals surface area contributed by atoms with Gasteiger partial charge in [0, 0.05) is 35.9 Å². The van der Waals surface area contributed by atoms with E-state index in [0.29, 0.717) is 30.1 Å². The molecule has 0 aliphatic carbocycles. The fraction of sp³-hybridized carbons (Fsp3) is 0.278. The molecule has 122 valence electrons. The van der Waals surface area contributed by atoms with Gasteiger partial charge in [-0.1, -0.05) is 6.07 Å². The largest absolute Gasteiger partial charge is 0.378 e. The first-order chi connectivity index (χ1) is 11.7. The molecule has 6 heteroatoms. The standard InChI is InChI=1S/C18H17FN4O/c1-12-9-17(22-18(21-12)23-5-7-24-8-6-23)13-10-14-15(19)3-2-4-16(14)20-11-13/h2-4,9-11H,5-8H2,1H3. The zero-order chi connectivity index (χ0) is 16.5. The molecule has 0 N–H and O–H groups in total. The first-order valence-electron chi connectivity index (χ1n) is 7.94. The highest BCUT2D eigenvalue weighted by Crippen LogP contribution is 2.25. The number of benzene rings is 1. The maximum Gasteiger partial charge on any atom is 0.226 e. The SMILES string of the molecule is Cc1cc(-c2cnc3cccc(F)c3c2)nc(N2CCOCC2)n1. The summed E-state index contributed by atoms with van der Waals surface area (Å²) in [5, 5.41) is 0.499. The maximum absolute atomic E-state index is 14.0. The predicted octanol–water partition coefficient (Wildman–Crippen LogP) is 2.98. The lowest BCUT2D eigenvalue weighted by molar-refractivity contribution is 0.122. The Hall–Kier alpha value is -2.60. The normalized spacial score (nSPS) is 15.0. The van der Waals surface area contributed by atoms with Crippen molar-refractivity contribution in [2.45, 2.75) is 6.92 Å². The number of hydrogen-bond donors (Lipinski definition) is 0. The Kier molecular flexibility index (Phi) is 3.82. The van der Waals surface area contributed by atoms with Crippen molar-refractivity contribution >= 4 is 16.9 Å². The van der Waals surface area contributed by atoms with Crippen molar-refractivity contribution in [3.8, 4) is 11.3 Å². The summed E-state index contributed by atoms with van der Waals surface area (Å²) >= 11 is 0. The quantitative estimate of drug-likeness (QED) is 0.725. The number of aryl methyl sites for hydroxylation is 1. The molecule has 0 unspecified atom stereocenters. The molecule has 2 aromatic heterocycles. The van der Waals surface area contributed by atoms with Gasteiger partial charge < -0.3 is 9.64 Å². The monoisotopic (exact) mass is 324 g/mol. The Bertz CT molecular complexity index is 893. The Labute approximate surface area is 139 Å². The number of anilines is 1. The number of morpholine rings is 1. The van der Waals surface area contributed by atoms with Gasteiger partial charge in [0.15, 0.2) is 0 Å². The van der Waals surface area contributed by atoms with Crippen LogP contribution in [0.5, 0.6) is 0 Å². The highest BCUT2D eigenvalue weighted by molar-refractivity contribution is 5.83. The first-order valence-corrected chi connectivity index (χ1v) is 7.94. The zero-order valence-electron chi connectivity index (χ0n) is 13.4. The smallest absolute Gasteiger partial charge is 0.226 e. The Morgan fingerprint density at radius 3 is 2.79 bits per heavy atom. The van der Waals surface area contributed by atoms with Gasteiger partial charge in [-0.05, 0) is 31.2 Å². The van der Waals surface area contributed by atoms with E-state index in [2.05, 4.69) is 19.9 Å². The average Bonchev–Trinajstić information content (AvgIpc) is 2.62. The number of rotatable bonds is 2. The van der Waals surface area contributed by atoms with E-state index >= 15 is 0 Å². The van der Waals surface area contributed by atoms with E-state index < -0.39 is 0 Å². The van der Waals surface area contributed by atoms with Crippen LogP contribution >= 0.6 is 0 Å². The van der Waals surface area contributed by atoms with Crippen LogP contribution in [0.1, 0.15) is 5.69 Å². The lowest BCUT2D eigenvalue weighted by atomic mass is 10.1. The minimum Gasteiger partial charge on any atom is -0.378 e. The molecule has 1 aromatic carbocycles. The molecule has 0 atom stereocenters. The second-order valence-corrected chi connectivity index (χ2v) is 5.82. The van der Waals surface area contributed by atoms with E-state index in [0.717, 1.165) is 30.0 Å². The van der Waals surface area contributed by atoms with Gasteiger partial charge in [0.05, 0.1) is 24.4 Å². The van der Waals surface area contributed by atoms with E-state index in [1.165, 1.54) is 6.07 Å². The molecule has 0 saturated carbocycles. The topological polar surface area (TPSA) is 51.1 Å². The van der Waals surface area contributed by atoms with E-state index in [-0.39, 0.29) is 5.82 Å². The van der Waals surface area contributed by atoms with Crippen LogP contribution in [0.25, 0.3) is 22.2 Å². The highest BCUT2D eigenvalue weighted by atomic mass is 19.1. The van der Waals surface area contributed by atoms with Crippen LogP contribution in [0.4, 0.5) is 10.3 Å². The van der Waals surface area contributed by atoms with Crippen molar-refractivity contribution in [1.29, 1.82) is 0 Å². The maximum atomic E-state index is 14.0. The number of nitrogens with zero attached hydrogens (tertiary/aromatic N) is 4. The molecule has 3 heterocycles. The molecular weight excluding hydrogens is 307 g/mol. The fourth-order valence-corrected chi connectivity index (χ4v) is 2.86. The molecule has 0 radical (unpaired) electrons. The van der Waals surface area contributed by atoms with Crippen molar-refractivity contribution < 1.29 is 9.13 Å². The Balaban J connectivity index is 1.78. The molecule has 1 saturated heterocycles. The predicted molar refractivity (Wildman–Crippen MR) is 90.5 cm³/mol. The van der Waals surface area contributed by atoms with E-state index in [1.54, 1.807) is 24.4 Å². The fourth-order valence-electron chi connectivity index (χ4n) is 2.86. The summed E-state index contributed by atoms with van der Waals surface area (Å²) in [5.74, 6) is 0.406. The summed E-state index contributed by atoms with van der Waals surface area (Å²) in [6, 6.07) is 8.59. The molecule has 1 aliphatic heterocycles. The number of fused-ring (bicyclic) bond motifs is 1. The number of aromatic nitrogens is 3. The van der Waals surface area contributed by atoms with Crippen molar-refractivity contribution in [3.05, 3.63) is 48.0 Å². The van der Waals surface area contributed by atoms with Gasteiger partial charge in [0.1, 0.15) is 5.82 Å². The van der Waals surface area contributed by atoms with E-state index in [9.17, 15) is 4.39 Å². The van der Waals surface area contributed by atoms with Gasteiger partial charge in [0.2, 0.25) is 5.95 Å². The van der Waals surface area contributed by atoms with Gasteiger partial charge in [-0.25, -0.2) is 14.4 Å². The van der Waals surface area contributed by atoms with Crippen LogP contribution in [0.15, 0.2) is 36.5 Å². The van der Waals surface area contributed by atoms with Crippen molar-refractivity contribution in [1.82, 2.24) is 15.0 Å². The molecule has 1 fully saturated rings. The van der Waals surface area contributed by atoms with Gasteiger partial charge >= 0.3 is 0 Å². The third-order valence-corrected chi connectivity index (χ3v) is 4.10. The molecule has 4 rings (SSSR count). The zero-order valence-corrected chi connectivity index (χ0v) is 13.4. The minimum atomic E-state index is -0.277. The molecule has 0 bridgehead atoms. The summed E-state index contributed by atoms with van der Waals surface area (Å²) in [6.45, 7) is 4.83. The summed E-state index contributed by atoms with van der Waals surface area (Å²) in [5.41, 5.74) is 3.04. The Morgan fingerprint density at radius 1 is 1.12 bits per heavy atom. The second kappa shape index (κ2) is 6.13. The molecule has 0 amide bonds. The van der Waals surface area contributed by atoms with Crippen LogP contribution in [0, 0.1) is 12.7 Å². The van der Waals surface area contributed by atoms with Gasteiger partial charge in [-0.15, -0.1) is 0 Å². The summed E-state index contributed by atoms with van der Waals surface area (Å²) in [4.78, 5) is 15.7. The number of pyridine rings is 1. The second-order valence-electron chi connectivity index (χ2n) is 5.82. The van der Waals surface area contributed by atoms with Crippen molar-refractivity contribution in [2.24, 2.45) is 0 Å². The van der Waals surface area contributed by atoms with E-state index in [1.807, 2.05) is 13.0 Å². The summed E-state index contributed by atoms with van der Waals surface area (Å²) < 4.78 is 19.4. The number of halogens is 1. The number of hydrogen-bond acceptors (Lipinski definition) is 5. The van der Waals surface area contributed by atoms with E-state index in [4.69, 9.17) is 4.74 Å². The third kappa shape index (κ3) is 2.80. The van der Waals surface area contributed by atoms with Gasteiger partial charge in [-0.2, -0.15) is 0 Å². The lowest BCUT2D eigenvalue weighted by Gasteiger charge is -2.27. The third-order valence-electron chi connectivity index (χ3n) is 4.10. The summed E-state index contributed by atoms with van der Waals surface area (Å²) in [6.07, 6.45) is 1.73. The first kappa shape index (κ1) is 15.0. The van der Waals surface area contributed by atoms with Gasteiger partial charge in [-0.3, -0.25) is 4.98 Å². The summed E-state index contributed by atoms with van der Waals surface area (Å²) in [7, 11) is 0. The van der Waals surface area contributed by atoms with Crippen LogP contribution in [-0.2, 0) is 4.74 Å². The van der Waals surface area contributed by atoms with Crippen molar-refractivity contribution in [2.75, 3.05) is 31.2 Å². The minimum absolute atomic E-state index is 0.277. The average molecular weight is 324 g/mol. The molecule has 3 aromatic rings. The van der Waals surface area contributed by atoms with Crippen LogP contribution in [-0.4, -0.2) is 41.3 Å². The van der Waals surface area contributed by atoms with Gasteiger partial charge in [0.25, 0.3) is 0 Å². The van der Waals surface area contributed by atoms with Crippen LogP contribution in [0.3, 0.4) is 0 Å². The molecule has 0 spiro atoms. The molecule has 24 heavy (non-hydrogen) atoms. The molecule has 5 nitrogen and oxygen atoms in total. The lowest BCUT2D eigenvalue weighted by Crippen LogP contribution is -2.37. The highest BCUT2D eigenvalue weighted by Gasteiger charge is 2.16.